The Balaban J connectivity index is 1.47. The number of esters is 2. The predicted molar refractivity (Wildman–Crippen MR) is 136 cm³/mol. The van der Waals surface area contributed by atoms with Crippen molar-refractivity contribution >= 4 is 11.9 Å². The maximum absolute atomic E-state index is 12.3. The number of benzene rings is 2. The van der Waals surface area contributed by atoms with E-state index in [1.54, 1.807) is 18.2 Å². The number of nitriles is 1. The number of ether oxygens (including phenoxy) is 2. The molecule has 0 fully saturated rings. The summed E-state index contributed by atoms with van der Waals surface area (Å²) in [5, 5.41) is 17.0. The van der Waals surface area contributed by atoms with E-state index in [-0.39, 0.29) is 30.9 Å². The molecule has 0 spiro atoms. The molecule has 1 N–H and O–H groups in total. The third-order valence-electron chi connectivity index (χ3n) is 6.46. The molecule has 1 unspecified atom stereocenters. The van der Waals surface area contributed by atoms with Crippen molar-refractivity contribution in [2.45, 2.75) is 64.8 Å². The van der Waals surface area contributed by atoms with Crippen molar-refractivity contribution in [1.29, 1.82) is 5.26 Å². The first-order valence-corrected chi connectivity index (χ1v) is 12.7. The summed E-state index contributed by atoms with van der Waals surface area (Å²) in [5.74, 6) is -2.59. The number of hydrogen-bond donors (Lipinski definition) is 1. The number of aromatic nitrogens is 2. The van der Waals surface area contributed by atoms with Crippen LogP contribution < -0.4 is 10.1 Å². The van der Waals surface area contributed by atoms with Crippen molar-refractivity contribution in [3.05, 3.63) is 52.6 Å². The molecule has 1 aromatic heterocycles. The summed E-state index contributed by atoms with van der Waals surface area (Å²) in [6, 6.07) is 10.9. The highest BCUT2D eigenvalue weighted by atomic mass is 19.4. The molecular formula is C28H27F3N4O5. The molecule has 40 heavy (non-hydrogen) atoms. The molecule has 4 rings (SSSR count). The fraction of sp³-hybridized carbons (Fsp3) is 0.393. The maximum atomic E-state index is 12.3. The van der Waals surface area contributed by atoms with E-state index in [0.29, 0.717) is 35.7 Å². The largest absolute Gasteiger partial charge is 0.491 e. The van der Waals surface area contributed by atoms with Gasteiger partial charge in [-0.3, -0.25) is 4.79 Å². The minimum atomic E-state index is -5.21. The van der Waals surface area contributed by atoms with Gasteiger partial charge in [-0.25, -0.2) is 4.79 Å². The maximum Gasteiger partial charge on any atom is 0.491 e. The average Bonchev–Trinajstić information content (AvgIpc) is 3.38. The lowest BCUT2D eigenvalue weighted by Gasteiger charge is -2.29. The summed E-state index contributed by atoms with van der Waals surface area (Å²) in [6.07, 6.45) is -4.16. The zero-order valence-corrected chi connectivity index (χ0v) is 22.1. The molecule has 12 heteroatoms. The summed E-state index contributed by atoms with van der Waals surface area (Å²) >= 11 is 0. The van der Waals surface area contributed by atoms with E-state index in [2.05, 4.69) is 26.3 Å². The van der Waals surface area contributed by atoms with Crippen LogP contribution in [0.3, 0.4) is 0 Å². The van der Waals surface area contributed by atoms with Crippen LogP contribution in [0.5, 0.6) is 5.75 Å². The van der Waals surface area contributed by atoms with Crippen molar-refractivity contribution in [3.8, 4) is 34.7 Å². The van der Waals surface area contributed by atoms with Gasteiger partial charge in [0.25, 0.3) is 5.89 Å². The molecule has 1 aliphatic rings. The Kier molecular flexibility index (Phi) is 8.54. The zero-order chi connectivity index (χ0) is 29.0. The van der Waals surface area contributed by atoms with E-state index in [1.165, 1.54) is 0 Å². The Hall–Kier alpha value is -4.24. The lowest BCUT2D eigenvalue weighted by atomic mass is 9.86. The molecule has 9 nitrogen and oxygen atoms in total. The number of nitrogens with zero attached hydrogens (tertiary/aromatic N) is 3. The highest BCUT2D eigenvalue weighted by molar-refractivity contribution is 5.88. The van der Waals surface area contributed by atoms with E-state index in [1.807, 2.05) is 32.9 Å². The van der Waals surface area contributed by atoms with Gasteiger partial charge in [0.1, 0.15) is 11.8 Å². The first kappa shape index (κ1) is 28.8. The van der Waals surface area contributed by atoms with Crippen molar-refractivity contribution < 1.29 is 36.8 Å². The molecule has 0 radical (unpaired) electrons. The van der Waals surface area contributed by atoms with Gasteiger partial charge in [0.2, 0.25) is 5.82 Å². The summed E-state index contributed by atoms with van der Waals surface area (Å²) < 4.78 is 51.9. The van der Waals surface area contributed by atoms with Crippen LogP contribution in [0, 0.1) is 18.3 Å². The second-order valence-electron chi connectivity index (χ2n) is 9.63. The topological polar surface area (TPSA) is 127 Å². The third kappa shape index (κ3) is 6.48. The molecule has 0 amide bonds. The normalized spacial score (nSPS) is 14.9. The van der Waals surface area contributed by atoms with E-state index in [0.717, 1.165) is 28.7 Å². The average molecular weight is 557 g/mol. The van der Waals surface area contributed by atoms with Gasteiger partial charge < -0.3 is 19.3 Å². The van der Waals surface area contributed by atoms with E-state index < -0.39 is 18.1 Å². The fourth-order valence-electron chi connectivity index (χ4n) is 4.64. The standard InChI is InChI=1S/C28H27F3N4O5/c1-15(2)38-23-10-7-17(13-18(23)14-32)26-34-25(35-40-26)20-8-9-21-19(16(20)3)11-12-33-22(21)5-4-6-24(36)39-27(37)28(29,30)31/h7-10,13,15,22,33H,4-6,11-12H2,1-3H3. The molecule has 1 atom stereocenters. The molecule has 2 heterocycles. The highest BCUT2D eigenvalue weighted by Gasteiger charge is 2.42. The SMILES string of the molecule is Cc1c(-c2noc(-c3ccc(OC(C)C)c(C#N)c3)n2)ccc2c1CCNC2CCCC(=O)OC(=O)C(F)(F)F. The van der Waals surface area contributed by atoms with Gasteiger partial charge in [-0.05, 0) is 81.5 Å². The second-order valence-corrected chi connectivity index (χ2v) is 9.63. The van der Waals surface area contributed by atoms with Crippen LogP contribution in [0.1, 0.15) is 61.4 Å². The van der Waals surface area contributed by atoms with Crippen LogP contribution in [-0.4, -0.2) is 40.9 Å². The molecule has 0 saturated carbocycles. The quantitative estimate of drug-likeness (QED) is 0.288. The molecule has 3 aromatic rings. The number of hydrogen-bond acceptors (Lipinski definition) is 9. The minimum Gasteiger partial charge on any atom is -0.490 e. The van der Waals surface area contributed by atoms with Crippen LogP contribution >= 0.6 is 0 Å². The highest BCUT2D eigenvalue weighted by Crippen LogP contribution is 2.35. The Morgan fingerprint density at radius 3 is 2.73 bits per heavy atom. The Bertz CT molecular complexity index is 1460. The number of carbonyl (C=O) groups excluding carboxylic acids is 2. The third-order valence-corrected chi connectivity index (χ3v) is 6.46. The number of rotatable bonds is 8. The summed E-state index contributed by atoms with van der Waals surface area (Å²) in [7, 11) is 0. The minimum absolute atomic E-state index is 0.0832. The Morgan fingerprint density at radius 2 is 2.02 bits per heavy atom. The number of carbonyl (C=O) groups is 2. The molecule has 0 saturated heterocycles. The van der Waals surface area contributed by atoms with Gasteiger partial charge in [0, 0.05) is 23.6 Å². The number of nitrogens with one attached hydrogen (secondary N) is 1. The van der Waals surface area contributed by atoms with Crippen LogP contribution in [-0.2, 0) is 20.7 Å². The number of alkyl halides is 3. The number of halogens is 3. The molecule has 210 valence electrons. The fourth-order valence-corrected chi connectivity index (χ4v) is 4.64. The summed E-state index contributed by atoms with van der Waals surface area (Å²) in [4.78, 5) is 27.0. The van der Waals surface area contributed by atoms with Crippen molar-refractivity contribution in [2.24, 2.45) is 0 Å². The van der Waals surface area contributed by atoms with Gasteiger partial charge in [-0.2, -0.15) is 23.4 Å². The lowest BCUT2D eigenvalue weighted by molar-refractivity contribution is -0.201. The van der Waals surface area contributed by atoms with Crippen molar-refractivity contribution in [2.75, 3.05) is 6.54 Å². The molecule has 2 aromatic carbocycles. The lowest BCUT2D eigenvalue weighted by Crippen LogP contribution is -2.31. The van der Waals surface area contributed by atoms with Gasteiger partial charge >= 0.3 is 18.1 Å². The molecule has 0 bridgehead atoms. The van der Waals surface area contributed by atoms with Gasteiger partial charge in [-0.1, -0.05) is 17.3 Å². The Labute approximate surface area is 228 Å². The van der Waals surface area contributed by atoms with Crippen molar-refractivity contribution in [3.63, 3.8) is 0 Å². The zero-order valence-electron chi connectivity index (χ0n) is 22.1. The molecular weight excluding hydrogens is 529 g/mol. The van der Waals surface area contributed by atoms with Gasteiger partial charge in [0.05, 0.1) is 11.7 Å². The molecule has 0 aliphatic carbocycles. The van der Waals surface area contributed by atoms with Gasteiger partial charge in [0.15, 0.2) is 0 Å². The first-order valence-electron chi connectivity index (χ1n) is 12.7. The van der Waals surface area contributed by atoms with Crippen molar-refractivity contribution in [1.82, 2.24) is 15.5 Å². The number of fused-ring (bicyclic) bond motifs is 1. The second kappa shape index (κ2) is 11.9. The molecule has 1 aliphatic heterocycles. The smallest absolute Gasteiger partial charge is 0.490 e. The van der Waals surface area contributed by atoms with E-state index in [4.69, 9.17) is 9.26 Å². The Morgan fingerprint density at radius 1 is 1.25 bits per heavy atom. The van der Waals surface area contributed by atoms with Crippen LogP contribution in [0.2, 0.25) is 0 Å². The van der Waals surface area contributed by atoms with E-state index >= 15 is 0 Å². The first-order chi connectivity index (χ1) is 19.0. The summed E-state index contributed by atoms with van der Waals surface area (Å²) in [6.45, 7) is 6.37. The van der Waals surface area contributed by atoms with Crippen LogP contribution in [0.25, 0.3) is 22.8 Å². The van der Waals surface area contributed by atoms with Gasteiger partial charge in [-0.15, -0.1) is 0 Å². The van der Waals surface area contributed by atoms with Crippen LogP contribution in [0.15, 0.2) is 34.9 Å². The predicted octanol–water partition coefficient (Wildman–Crippen LogP) is 5.36. The summed E-state index contributed by atoms with van der Waals surface area (Å²) in [5.41, 5.74) is 4.78. The van der Waals surface area contributed by atoms with Crippen LogP contribution in [0.4, 0.5) is 13.2 Å². The monoisotopic (exact) mass is 556 g/mol. The van der Waals surface area contributed by atoms with E-state index in [9.17, 15) is 28.0 Å².